The number of rotatable bonds is 16. The summed E-state index contributed by atoms with van der Waals surface area (Å²) in [4.78, 5) is 12.0. The van der Waals surface area contributed by atoms with Gasteiger partial charge in [-0.15, -0.1) is 0 Å². The second-order valence-electron chi connectivity index (χ2n) is 10.0. The van der Waals surface area contributed by atoms with Crippen molar-refractivity contribution in [3.63, 3.8) is 0 Å². The number of esters is 1. The monoisotopic (exact) mass is 500 g/mol. The van der Waals surface area contributed by atoms with E-state index in [1.165, 1.54) is 53.5 Å². The first kappa shape index (κ1) is 28.5. The van der Waals surface area contributed by atoms with Crippen molar-refractivity contribution in [1.82, 2.24) is 0 Å². The molecule has 0 saturated carbocycles. The van der Waals surface area contributed by atoms with Crippen molar-refractivity contribution < 1.29 is 14.3 Å². The zero-order valence-corrected chi connectivity index (χ0v) is 23.0. The Labute approximate surface area is 224 Å². The highest BCUT2D eigenvalue weighted by Crippen LogP contribution is 2.25. The van der Waals surface area contributed by atoms with E-state index < -0.39 is 0 Å². The summed E-state index contributed by atoms with van der Waals surface area (Å²) in [6.45, 7) is 6.60. The molecule has 0 heterocycles. The van der Waals surface area contributed by atoms with Gasteiger partial charge in [0, 0.05) is 6.42 Å². The molecule has 0 aliphatic carbocycles. The quantitative estimate of drug-likeness (QED) is 0.146. The molecule has 1 atom stereocenters. The van der Waals surface area contributed by atoms with Crippen LogP contribution in [0.4, 0.5) is 0 Å². The Balaban J connectivity index is 1.63. The molecule has 3 nitrogen and oxygen atoms in total. The van der Waals surface area contributed by atoms with Crippen LogP contribution in [0.1, 0.15) is 82.4 Å². The summed E-state index contributed by atoms with van der Waals surface area (Å²) in [5.74, 6) is 0.784. The first-order valence-electron chi connectivity index (χ1n) is 14.2. The molecule has 37 heavy (non-hydrogen) atoms. The zero-order chi connectivity index (χ0) is 26.3. The topological polar surface area (TPSA) is 35.5 Å². The number of unbranched alkanes of at least 4 members (excludes halogenated alkanes) is 4. The van der Waals surface area contributed by atoms with Crippen molar-refractivity contribution >= 4 is 5.97 Å². The smallest absolute Gasteiger partial charge is 0.306 e. The predicted octanol–water partition coefficient (Wildman–Crippen LogP) is 8.76. The van der Waals surface area contributed by atoms with Gasteiger partial charge in [0.05, 0.1) is 0 Å². The maximum Gasteiger partial charge on any atom is 0.306 e. The summed E-state index contributed by atoms with van der Waals surface area (Å²) in [5.41, 5.74) is 6.31. The average Bonchev–Trinajstić information content (AvgIpc) is 2.93. The van der Waals surface area contributed by atoms with E-state index >= 15 is 0 Å². The summed E-state index contributed by atoms with van der Waals surface area (Å²) in [6, 6.07) is 26.0. The largest absolute Gasteiger partial charge is 0.489 e. The number of hydrogen-bond donors (Lipinski definition) is 0. The van der Waals surface area contributed by atoms with Crippen LogP contribution in [0.3, 0.4) is 0 Å². The van der Waals surface area contributed by atoms with Crippen LogP contribution in [-0.4, -0.2) is 18.7 Å². The van der Waals surface area contributed by atoms with Gasteiger partial charge in [0.2, 0.25) is 0 Å². The summed E-state index contributed by atoms with van der Waals surface area (Å²) in [6.07, 6.45) is 9.97. The van der Waals surface area contributed by atoms with Crippen LogP contribution < -0.4 is 4.74 Å². The molecule has 3 aromatic rings. The van der Waals surface area contributed by atoms with Crippen molar-refractivity contribution in [2.24, 2.45) is 0 Å². The lowest BCUT2D eigenvalue weighted by Crippen LogP contribution is -2.22. The van der Waals surface area contributed by atoms with E-state index in [9.17, 15) is 4.79 Å². The molecule has 0 amide bonds. The molecule has 3 aromatic carbocycles. The number of carbonyl (C=O) groups is 1. The number of benzene rings is 3. The minimum atomic E-state index is -0.268. The average molecular weight is 501 g/mol. The number of carbonyl (C=O) groups excluding carboxylic acids is 1. The van der Waals surface area contributed by atoms with Crippen LogP contribution in [-0.2, 0) is 28.8 Å². The lowest BCUT2D eigenvalue weighted by molar-refractivity contribution is -0.149. The first-order valence-corrected chi connectivity index (χ1v) is 14.2. The van der Waals surface area contributed by atoms with E-state index in [0.717, 1.165) is 37.9 Å². The van der Waals surface area contributed by atoms with E-state index in [4.69, 9.17) is 9.47 Å². The molecule has 0 bridgehead atoms. The van der Waals surface area contributed by atoms with E-state index in [2.05, 4.69) is 80.6 Å². The fourth-order valence-corrected chi connectivity index (χ4v) is 4.47. The van der Waals surface area contributed by atoms with Gasteiger partial charge in [-0.2, -0.15) is 0 Å². The van der Waals surface area contributed by atoms with Gasteiger partial charge in [0.25, 0.3) is 0 Å². The van der Waals surface area contributed by atoms with Crippen LogP contribution in [0.2, 0.25) is 0 Å². The Morgan fingerprint density at radius 2 is 1.43 bits per heavy atom. The maximum atomic E-state index is 12.0. The van der Waals surface area contributed by atoms with Crippen LogP contribution in [0.15, 0.2) is 72.8 Å². The highest BCUT2D eigenvalue weighted by Gasteiger charge is 2.13. The van der Waals surface area contributed by atoms with E-state index in [1.54, 1.807) is 0 Å². The SMILES string of the molecule is CCCCCCc1ccc(CCc2ccc(-c3ccccc3)cc2)c(OCC(C)OC(=O)CCCC)c1. The molecular formula is C34H44O3. The summed E-state index contributed by atoms with van der Waals surface area (Å²) < 4.78 is 11.8. The minimum absolute atomic E-state index is 0.137. The zero-order valence-electron chi connectivity index (χ0n) is 23.0. The van der Waals surface area contributed by atoms with Gasteiger partial charge in [-0.3, -0.25) is 4.79 Å². The molecule has 0 aromatic heterocycles. The van der Waals surface area contributed by atoms with E-state index in [0.29, 0.717) is 13.0 Å². The second kappa shape index (κ2) is 15.9. The maximum absolute atomic E-state index is 12.0. The molecule has 0 N–H and O–H groups in total. The third-order valence-corrected chi connectivity index (χ3v) is 6.74. The molecule has 3 rings (SSSR count). The molecule has 0 radical (unpaired) electrons. The normalized spacial score (nSPS) is 11.8. The lowest BCUT2D eigenvalue weighted by atomic mass is 9.98. The minimum Gasteiger partial charge on any atom is -0.489 e. The third-order valence-electron chi connectivity index (χ3n) is 6.74. The van der Waals surface area contributed by atoms with Crippen molar-refractivity contribution in [2.75, 3.05) is 6.61 Å². The molecular weight excluding hydrogens is 456 g/mol. The van der Waals surface area contributed by atoms with Crippen LogP contribution >= 0.6 is 0 Å². The van der Waals surface area contributed by atoms with Gasteiger partial charge < -0.3 is 9.47 Å². The van der Waals surface area contributed by atoms with Gasteiger partial charge in [0.15, 0.2) is 0 Å². The van der Waals surface area contributed by atoms with Crippen LogP contribution in [0.5, 0.6) is 5.75 Å². The highest BCUT2D eigenvalue weighted by molar-refractivity contribution is 5.69. The fraction of sp³-hybridized carbons (Fsp3) is 0.441. The molecule has 0 spiro atoms. The summed E-state index contributed by atoms with van der Waals surface area (Å²) in [7, 11) is 0. The molecule has 1 unspecified atom stereocenters. The third kappa shape index (κ3) is 10.1. The Kier molecular flexibility index (Phi) is 12.3. The lowest BCUT2D eigenvalue weighted by Gasteiger charge is -2.18. The summed E-state index contributed by atoms with van der Waals surface area (Å²) >= 11 is 0. The van der Waals surface area contributed by atoms with E-state index in [1.807, 2.05) is 13.0 Å². The standard InChI is InChI=1S/C34H44O3/c1-4-6-8-10-13-29-20-24-32(33(25-29)36-26-27(3)37-34(35)16-7-5-2)23-19-28-17-21-31(22-18-28)30-14-11-9-12-15-30/h9,11-12,14-15,17-18,20-22,24-25,27H,4-8,10,13,16,19,23,26H2,1-3H3. The molecule has 0 aliphatic heterocycles. The molecule has 0 aliphatic rings. The Hall–Kier alpha value is -3.07. The van der Waals surface area contributed by atoms with Gasteiger partial charge in [-0.25, -0.2) is 0 Å². The van der Waals surface area contributed by atoms with Crippen LogP contribution in [0.25, 0.3) is 11.1 Å². The molecule has 3 heteroatoms. The van der Waals surface area contributed by atoms with Crippen molar-refractivity contribution in [3.8, 4) is 16.9 Å². The second-order valence-corrected chi connectivity index (χ2v) is 10.0. The predicted molar refractivity (Wildman–Crippen MR) is 154 cm³/mol. The van der Waals surface area contributed by atoms with Crippen LogP contribution in [0, 0.1) is 0 Å². The number of hydrogen-bond acceptors (Lipinski definition) is 3. The van der Waals surface area contributed by atoms with Gasteiger partial charge >= 0.3 is 5.97 Å². The summed E-state index contributed by atoms with van der Waals surface area (Å²) in [5, 5.41) is 0. The van der Waals surface area contributed by atoms with Gasteiger partial charge in [-0.05, 0) is 72.9 Å². The van der Waals surface area contributed by atoms with Gasteiger partial charge in [0.1, 0.15) is 18.5 Å². The Morgan fingerprint density at radius 3 is 2.16 bits per heavy atom. The van der Waals surface area contributed by atoms with Crippen molar-refractivity contribution in [3.05, 3.63) is 89.5 Å². The fourth-order valence-electron chi connectivity index (χ4n) is 4.47. The highest BCUT2D eigenvalue weighted by atomic mass is 16.6. The molecule has 198 valence electrons. The van der Waals surface area contributed by atoms with E-state index in [-0.39, 0.29) is 12.1 Å². The van der Waals surface area contributed by atoms with Crippen molar-refractivity contribution in [1.29, 1.82) is 0 Å². The molecule has 0 saturated heterocycles. The molecule has 0 fully saturated rings. The number of ether oxygens (including phenoxy) is 2. The number of aryl methyl sites for hydroxylation is 3. The Bertz CT molecular complexity index is 1060. The van der Waals surface area contributed by atoms with Gasteiger partial charge in [-0.1, -0.05) is 106 Å². The Morgan fingerprint density at radius 1 is 0.730 bits per heavy atom. The first-order chi connectivity index (χ1) is 18.1. The van der Waals surface area contributed by atoms with Crippen molar-refractivity contribution in [2.45, 2.75) is 91.1 Å².